The van der Waals surface area contributed by atoms with Gasteiger partial charge >= 0.3 is 5.97 Å². The highest BCUT2D eigenvalue weighted by Gasteiger charge is 2.36. The number of likely N-dealkylation sites (tertiary alicyclic amines) is 1. The molecule has 6 heteroatoms. The molecule has 1 N–H and O–H groups in total. The molecule has 1 aliphatic rings. The summed E-state index contributed by atoms with van der Waals surface area (Å²) in [7, 11) is 1.25. The van der Waals surface area contributed by atoms with E-state index in [0.717, 1.165) is 18.2 Å². The van der Waals surface area contributed by atoms with Gasteiger partial charge in [0.15, 0.2) is 0 Å². The molecule has 19 heavy (non-hydrogen) atoms. The van der Waals surface area contributed by atoms with Crippen LogP contribution in [0.15, 0.2) is 18.2 Å². The van der Waals surface area contributed by atoms with Gasteiger partial charge in [-0.15, -0.1) is 0 Å². The maximum atomic E-state index is 13.1. The van der Waals surface area contributed by atoms with E-state index in [0.29, 0.717) is 19.4 Å². The zero-order chi connectivity index (χ0) is 14.0. The minimum atomic E-state index is -0.667. The number of phenolic OH excluding ortho intramolecular Hbond substituents is 1. The van der Waals surface area contributed by atoms with Crippen LogP contribution in [0.1, 0.15) is 23.2 Å². The van der Waals surface area contributed by atoms with E-state index < -0.39 is 23.7 Å². The van der Waals surface area contributed by atoms with Crippen LogP contribution in [-0.4, -0.2) is 41.6 Å². The van der Waals surface area contributed by atoms with E-state index in [1.807, 2.05) is 0 Å². The fourth-order valence-electron chi connectivity index (χ4n) is 2.23. The van der Waals surface area contributed by atoms with Gasteiger partial charge in [-0.2, -0.15) is 0 Å². The number of phenols is 1. The Labute approximate surface area is 109 Å². The van der Waals surface area contributed by atoms with Gasteiger partial charge in [0, 0.05) is 6.54 Å². The summed E-state index contributed by atoms with van der Waals surface area (Å²) >= 11 is 0. The van der Waals surface area contributed by atoms with E-state index in [-0.39, 0.29) is 11.3 Å². The summed E-state index contributed by atoms with van der Waals surface area (Å²) in [6.45, 7) is 0.383. The molecule has 1 aromatic rings. The molecular formula is C13H14FNO4. The molecule has 1 saturated heterocycles. The van der Waals surface area contributed by atoms with Crippen LogP contribution in [0.2, 0.25) is 0 Å². The first-order valence-electron chi connectivity index (χ1n) is 5.92. The smallest absolute Gasteiger partial charge is 0.328 e. The number of esters is 1. The van der Waals surface area contributed by atoms with E-state index in [1.165, 1.54) is 12.0 Å². The van der Waals surface area contributed by atoms with Crippen LogP contribution >= 0.6 is 0 Å². The highest BCUT2D eigenvalue weighted by molar-refractivity contribution is 5.99. The van der Waals surface area contributed by atoms with Crippen LogP contribution in [0.25, 0.3) is 0 Å². The fraction of sp³-hybridized carbons (Fsp3) is 0.385. The molecule has 1 heterocycles. The number of amides is 1. The topological polar surface area (TPSA) is 66.8 Å². The zero-order valence-electron chi connectivity index (χ0n) is 10.4. The molecule has 0 aromatic heterocycles. The lowest BCUT2D eigenvalue weighted by Crippen LogP contribution is -2.41. The van der Waals surface area contributed by atoms with Gasteiger partial charge in [-0.25, -0.2) is 9.18 Å². The quantitative estimate of drug-likeness (QED) is 0.820. The van der Waals surface area contributed by atoms with Crippen LogP contribution in [0.5, 0.6) is 5.75 Å². The van der Waals surface area contributed by atoms with Crippen molar-refractivity contribution in [3.63, 3.8) is 0 Å². The monoisotopic (exact) mass is 267 g/mol. The first-order chi connectivity index (χ1) is 9.04. The summed E-state index contributed by atoms with van der Waals surface area (Å²) in [4.78, 5) is 25.1. The van der Waals surface area contributed by atoms with Gasteiger partial charge in [0.2, 0.25) is 0 Å². The van der Waals surface area contributed by atoms with Gasteiger partial charge in [0.1, 0.15) is 17.6 Å². The third kappa shape index (κ3) is 2.52. The van der Waals surface area contributed by atoms with E-state index in [4.69, 9.17) is 0 Å². The Morgan fingerprint density at radius 2 is 2.21 bits per heavy atom. The van der Waals surface area contributed by atoms with Crippen molar-refractivity contribution in [2.45, 2.75) is 18.9 Å². The molecule has 1 fully saturated rings. The Bertz CT molecular complexity index is 517. The van der Waals surface area contributed by atoms with Gasteiger partial charge in [0.05, 0.1) is 12.7 Å². The van der Waals surface area contributed by atoms with Crippen LogP contribution < -0.4 is 0 Å². The summed E-state index contributed by atoms with van der Waals surface area (Å²) < 4.78 is 17.8. The number of carbonyl (C=O) groups excluding carboxylic acids is 2. The number of rotatable bonds is 2. The molecule has 0 aliphatic carbocycles. The van der Waals surface area contributed by atoms with Crippen LogP contribution in [0.3, 0.4) is 0 Å². The van der Waals surface area contributed by atoms with Crippen molar-refractivity contribution in [1.29, 1.82) is 0 Å². The fourth-order valence-corrected chi connectivity index (χ4v) is 2.23. The number of benzene rings is 1. The number of halogens is 1. The number of aromatic hydroxyl groups is 1. The normalized spacial score (nSPS) is 18.4. The van der Waals surface area contributed by atoms with Gasteiger partial charge in [-0.3, -0.25) is 4.79 Å². The second-order valence-corrected chi connectivity index (χ2v) is 4.34. The predicted octanol–water partition coefficient (Wildman–Crippen LogP) is 1.31. The lowest BCUT2D eigenvalue weighted by molar-refractivity contribution is -0.145. The van der Waals surface area contributed by atoms with Crippen molar-refractivity contribution in [2.24, 2.45) is 0 Å². The molecule has 1 amide bonds. The Balaban J connectivity index is 2.28. The Morgan fingerprint density at radius 1 is 1.47 bits per heavy atom. The van der Waals surface area contributed by atoms with Crippen molar-refractivity contribution in [3.8, 4) is 5.75 Å². The molecule has 1 aliphatic heterocycles. The molecule has 0 saturated carbocycles. The second-order valence-electron chi connectivity index (χ2n) is 4.34. The predicted molar refractivity (Wildman–Crippen MR) is 64.1 cm³/mol. The maximum Gasteiger partial charge on any atom is 0.328 e. The van der Waals surface area contributed by atoms with Crippen LogP contribution in [0.4, 0.5) is 4.39 Å². The van der Waals surface area contributed by atoms with Crippen LogP contribution in [-0.2, 0) is 9.53 Å². The number of carbonyl (C=O) groups is 2. The number of hydrogen-bond acceptors (Lipinski definition) is 4. The Kier molecular flexibility index (Phi) is 3.69. The Morgan fingerprint density at radius 3 is 2.89 bits per heavy atom. The molecule has 1 aromatic carbocycles. The first-order valence-corrected chi connectivity index (χ1v) is 5.92. The van der Waals surface area contributed by atoms with Gasteiger partial charge in [-0.05, 0) is 31.0 Å². The van der Waals surface area contributed by atoms with Crippen molar-refractivity contribution in [1.82, 2.24) is 4.90 Å². The van der Waals surface area contributed by atoms with Crippen molar-refractivity contribution in [3.05, 3.63) is 29.6 Å². The molecule has 1 unspecified atom stereocenters. The average molecular weight is 267 g/mol. The molecule has 0 spiro atoms. The Hall–Kier alpha value is -2.11. The number of methoxy groups -OCH3 is 1. The minimum Gasteiger partial charge on any atom is -0.507 e. The van der Waals surface area contributed by atoms with E-state index in [2.05, 4.69) is 4.74 Å². The van der Waals surface area contributed by atoms with E-state index in [9.17, 15) is 19.1 Å². The maximum absolute atomic E-state index is 13.1. The third-order valence-corrected chi connectivity index (χ3v) is 3.18. The largest absolute Gasteiger partial charge is 0.507 e. The van der Waals surface area contributed by atoms with Crippen molar-refractivity contribution < 1.29 is 23.8 Å². The first kappa shape index (κ1) is 13.3. The lowest BCUT2D eigenvalue weighted by Gasteiger charge is -2.23. The molecule has 0 radical (unpaired) electrons. The second kappa shape index (κ2) is 5.26. The summed E-state index contributed by atoms with van der Waals surface area (Å²) in [5.41, 5.74) is -0.143. The molecule has 1 atom stereocenters. The van der Waals surface area contributed by atoms with Crippen molar-refractivity contribution in [2.75, 3.05) is 13.7 Å². The van der Waals surface area contributed by atoms with Crippen molar-refractivity contribution >= 4 is 11.9 Å². The number of nitrogens with zero attached hydrogens (tertiary/aromatic N) is 1. The van der Waals surface area contributed by atoms with Crippen LogP contribution in [0, 0.1) is 5.82 Å². The highest BCUT2D eigenvalue weighted by atomic mass is 19.1. The number of ether oxygens (including phenoxy) is 1. The summed E-state index contributed by atoms with van der Waals surface area (Å²) in [6, 6.07) is 2.48. The zero-order valence-corrected chi connectivity index (χ0v) is 10.4. The minimum absolute atomic E-state index is 0.143. The molecular weight excluding hydrogens is 253 g/mol. The SMILES string of the molecule is COC(=O)C1CCCN1C(=O)c1cc(F)ccc1O. The lowest BCUT2D eigenvalue weighted by atomic mass is 10.1. The molecule has 2 rings (SSSR count). The van der Waals surface area contributed by atoms with E-state index in [1.54, 1.807) is 0 Å². The summed E-state index contributed by atoms with van der Waals surface area (Å²) in [5.74, 6) is -1.98. The van der Waals surface area contributed by atoms with E-state index >= 15 is 0 Å². The van der Waals surface area contributed by atoms with Gasteiger partial charge < -0.3 is 14.7 Å². The van der Waals surface area contributed by atoms with Gasteiger partial charge in [-0.1, -0.05) is 0 Å². The summed E-state index contributed by atoms with van der Waals surface area (Å²) in [5, 5.41) is 9.62. The highest BCUT2D eigenvalue weighted by Crippen LogP contribution is 2.25. The van der Waals surface area contributed by atoms with Gasteiger partial charge in [0.25, 0.3) is 5.91 Å². The summed E-state index contributed by atoms with van der Waals surface area (Å²) in [6.07, 6.45) is 1.18. The molecule has 102 valence electrons. The third-order valence-electron chi connectivity index (χ3n) is 3.18. The molecule has 5 nitrogen and oxygen atoms in total. The standard InChI is InChI=1S/C13H14FNO4/c1-19-13(18)10-3-2-6-15(10)12(17)9-7-8(14)4-5-11(9)16/h4-5,7,10,16H,2-3,6H2,1H3. The molecule has 0 bridgehead atoms. The average Bonchev–Trinajstić information content (AvgIpc) is 2.89. The number of hydrogen-bond donors (Lipinski definition) is 1.